The molecule has 1 N–H and O–H groups in total. The number of hydrogen-bond acceptors (Lipinski definition) is 2. The van der Waals surface area contributed by atoms with Crippen LogP contribution < -0.4 is 5.32 Å². The topological polar surface area (TPSA) is 29.1 Å². The molecule has 0 fully saturated rings. The van der Waals surface area contributed by atoms with Gasteiger partial charge in [0, 0.05) is 6.42 Å². The van der Waals surface area contributed by atoms with E-state index in [4.69, 9.17) is 23.2 Å². The molecule has 0 saturated heterocycles. The molecule has 5 heteroatoms. The van der Waals surface area contributed by atoms with Crippen LogP contribution in [0.25, 0.3) is 0 Å². The molecule has 0 aromatic heterocycles. The highest BCUT2D eigenvalue weighted by Crippen LogP contribution is 2.32. The van der Waals surface area contributed by atoms with Crippen molar-refractivity contribution < 1.29 is 4.79 Å². The summed E-state index contributed by atoms with van der Waals surface area (Å²) >= 11 is 15.9. The molecule has 0 atom stereocenters. The van der Waals surface area contributed by atoms with Gasteiger partial charge in [-0.25, -0.2) is 0 Å². The van der Waals surface area contributed by atoms with Crippen LogP contribution in [0, 0.1) is 6.92 Å². The molecular weight excluding hydrogens is 253 g/mol. The number of carbonyl (C=O) groups excluding carboxylic acids is 1. The van der Waals surface area contributed by atoms with Crippen molar-refractivity contribution in [2.24, 2.45) is 0 Å². The maximum atomic E-state index is 11.4. The van der Waals surface area contributed by atoms with E-state index in [-0.39, 0.29) is 5.91 Å². The number of benzene rings is 1. The van der Waals surface area contributed by atoms with Gasteiger partial charge in [-0.05, 0) is 24.3 Å². The molecule has 0 aliphatic carbocycles. The fourth-order valence-electron chi connectivity index (χ4n) is 1.07. The zero-order chi connectivity index (χ0) is 11.4. The molecule has 82 valence electrons. The summed E-state index contributed by atoms with van der Waals surface area (Å²) < 4.78 is 0. The van der Waals surface area contributed by atoms with Crippen LogP contribution in [-0.2, 0) is 4.79 Å². The summed E-state index contributed by atoms with van der Waals surface area (Å²) in [5, 5.41) is 3.59. The van der Waals surface area contributed by atoms with E-state index in [2.05, 4.69) is 17.9 Å². The minimum absolute atomic E-state index is 0.139. The Morgan fingerprint density at radius 2 is 2.13 bits per heavy atom. The van der Waals surface area contributed by atoms with Crippen LogP contribution in [0.3, 0.4) is 0 Å². The highest BCUT2D eigenvalue weighted by Gasteiger charge is 2.10. The van der Waals surface area contributed by atoms with E-state index in [0.29, 0.717) is 27.9 Å². The molecule has 2 nitrogen and oxygen atoms in total. The van der Waals surface area contributed by atoms with E-state index >= 15 is 0 Å². The SMILES string of the molecule is Cc1ccc(Cl)c(NC(=O)CCS)c1Cl. The normalized spacial score (nSPS) is 10.1. The van der Waals surface area contributed by atoms with Crippen LogP contribution in [-0.4, -0.2) is 11.7 Å². The summed E-state index contributed by atoms with van der Waals surface area (Å²) in [7, 11) is 0. The smallest absolute Gasteiger partial charge is 0.225 e. The largest absolute Gasteiger partial charge is 0.324 e. The highest BCUT2D eigenvalue weighted by molar-refractivity contribution is 7.80. The van der Waals surface area contributed by atoms with Crippen molar-refractivity contribution in [1.82, 2.24) is 0 Å². The molecular formula is C10H11Cl2NOS. The Hall–Kier alpha value is -0.380. The summed E-state index contributed by atoms with van der Waals surface area (Å²) in [6.45, 7) is 1.85. The fraction of sp³-hybridized carbons (Fsp3) is 0.300. The molecule has 0 aliphatic heterocycles. The molecule has 0 aliphatic rings. The first-order chi connectivity index (χ1) is 7.06. The third kappa shape index (κ3) is 3.30. The molecule has 15 heavy (non-hydrogen) atoms. The van der Waals surface area contributed by atoms with Crippen molar-refractivity contribution >= 4 is 47.4 Å². The number of hydrogen-bond donors (Lipinski definition) is 2. The Kier molecular flexibility index (Phi) is 4.77. The maximum absolute atomic E-state index is 11.4. The van der Waals surface area contributed by atoms with Crippen molar-refractivity contribution in [3.8, 4) is 0 Å². The number of carbonyl (C=O) groups is 1. The van der Waals surface area contributed by atoms with Gasteiger partial charge in [-0.2, -0.15) is 12.6 Å². The minimum Gasteiger partial charge on any atom is -0.324 e. The number of amides is 1. The van der Waals surface area contributed by atoms with E-state index in [1.165, 1.54) is 0 Å². The van der Waals surface area contributed by atoms with E-state index in [1.807, 2.05) is 6.92 Å². The molecule has 0 unspecified atom stereocenters. The quantitative estimate of drug-likeness (QED) is 0.803. The van der Waals surface area contributed by atoms with Crippen molar-refractivity contribution in [3.05, 3.63) is 27.7 Å². The second-order valence-electron chi connectivity index (χ2n) is 3.08. The van der Waals surface area contributed by atoms with Gasteiger partial charge in [0.1, 0.15) is 0 Å². The lowest BCUT2D eigenvalue weighted by molar-refractivity contribution is -0.115. The molecule has 1 aromatic carbocycles. The second-order valence-corrected chi connectivity index (χ2v) is 4.31. The molecule has 0 saturated carbocycles. The fourth-order valence-corrected chi connectivity index (χ4v) is 1.74. The lowest BCUT2D eigenvalue weighted by Crippen LogP contribution is -2.12. The van der Waals surface area contributed by atoms with Gasteiger partial charge in [-0.1, -0.05) is 29.3 Å². The van der Waals surface area contributed by atoms with Gasteiger partial charge in [0.25, 0.3) is 0 Å². The molecule has 0 bridgehead atoms. The van der Waals surface area contributed by atoms with Gasteiger partial charge >= 0.3 is 0 Å². The molecule has 0 spiro atoms. The van der Waals surface area contributed by atoms with E-state index < -0.39 is 0 Å². The summed E-state index contributed by atoms with van der Waals surface area (Å²) in [5.41, 5.74) is 1.35. The first-order valence-corrected chi connectivity index (χ1v) is 5.80. The average Bonchev–Trinajstić information content (AvgIpc) is 2.19. The van der Waals surface area contributed by atoms with Crippen molar-refractivity contribution in [2.45, 2.75) is 13.3 Å². The number of nitrogens with one attached hydrogen (secondary N) is 1. The first kappa shape index (κ1) is 12.7. The number of halogens is 2. The lowest BCUT2D eigenvalue weighted by atomic mass is 10.2. The highest BCUT2D eigenvalue weighted by atomic mass is 35.5. The molecule has 0 heterocycles. The molecule has 0 radical (unpaired) electrons. The van der Waals surface area contributed by atoms with E-state index in [1.54, 1.807) is 12.1 Å². The van der Waals surface area contributed by atoms with E-state index in [9.17, 15) is 4.79 Å². The third-order valence-corrected chi connectivity index (χ3v) is 2.91. The van der Waals surface area contributed by atoms with Crippen LogP contribution in [0.4, 0.5) is 5.69 Å². The van der Waals surface area contributed by atoms with Gasteiger partial charge in [-0.3, -0.25) is 4.79 Å². The van der Waals surface area contributed by atoms with Crippen molar-refractivity contribution in [2.75, 3.05) is 11.1 Å². The zero-order valence-corrected chi connectivity index (χ0v) is 10.6. The van der Waals surface area contributed by atoms with Crippen molar-refractivity contribution in [3.63, 3.8) is 0 Å². The monoisotopic (exact) mass is 263 g/mol. The summed E-state index contributed by atoms with van der Waals surface area (Å²) in [6, 6.07) is 3.51. The van der Waals surface area contributed by atoms with Gasteiger partial charge in [-0.15, -0.1) is 0 Å². The summed E-state index contributed by atoms with van der Waals surface area (Å²) in [4.78, 5) is 11.4. The first-order valence-electron chi connectivity index (χ1n) is 4.41. The standard InChI is InChI=1S/C10H11Cl2NOS/c1-6-2-3-7(11)10(9(6)12)13-8(14)4-5-15/h2-3,15H,4-5H2,1H3,(H,13,14). The Morgan fingerprint density at radius 3 is 2.73 bits per heavy atom. The zero-order valence-electron chi connectivity index (χ0n) is 8.18. The van der Waals surface area contributed by atoms with Crippen molar-refractivity contribution in [1.29, 1.82) is 0 Å². The number of thiol groups is 1. The van der Waals surface area contributed by atoms with Gasteiger partial charge in [0.2, 0.25) is 5.91 Å². The average molecular weight is 264 g/mol. The summed E-state index contributed by atoms with van der Waals surface area (Å²) in [5.74, 6) is 0.353. The number of rotatable bonds is 3. The summed E-state index contributed by atoms with van der Waals surface area (Å²) in [6.07, 6.45) is 0.337. The predicted molar refractivity (Wildman–Crippen MR) is 68.3 cm³/mol. The minimum atomic E-state index is -0.139. The Balaban J connectivity index is 2.93. The predicted octanol–water partition coefficient (Wildman–Crippen LogP) is 3.56. The molecule has 1 amide bonds. The number of aryl methyl sites for hydroxylation is 1. The van der Waals surface area contributed by atoms with Crippen LogP contribution >= 0.6 is 35.8 Å². The lowest BCUT2D eigenvalue weighted by Gasteiger charge is -2.10. The Labute approximate surface area is 104 Å². The molecule has 1 rings (SSSR count). The Bertz CT molecular complexity index is 382. The molecule has 1 aromatic rings. The number of anilines is 1. The van der Waals surface area contributed by atoms with Gasteiger partial charge in [0.15, 0.2) is 0 Å². The van der Waals surface area contributed by atoms with Gasteiger partial charge < -0.3 is 5.32 Å². The third-order valence-electron chi connectivity index (χ3n) is 1.89. The van der Waals surface area contributed by atoms with Gasteiger partial charge in [0.05, 0.1) is 15.7 Å². The second kappa shape index (κ2) is 5.64. The Morgan fingerprint density at radius 1 is 1.47 bits per heavy atom. The van der Waals surface area contributed by atoms with E-state index in [0.717, 1.165) is 5.56 Å². The van der Waals surface area contributed by atoms with Crippen LogP contribution in [0.5, 0.6) is 0 Å². The van der Waals surface area contributed by atoms with Crippen LogP contribution in [0.15, 0.2) is 12.1 Å². The van der Waals surface area contributed by atoms with Crippen LogP contribution in [0.1, 0.15) is 12.0 Å². The van der Waals surface area contributed by atoms with Crippen LogP contribution in [0.2, 0.25) is 10.0 Å². The maximum Gasteiger partial charge on any atom is 0.225 e.